The van der Waals surface area contributed by atoms with Crippen LogP contribution in [0.1, 0.15) is 34.9 Å². The predicted molar refractivity (Wildman–Crippen MR) is 89.4 cm³/mol. The minimum absolute atomic E-state index is 0.508. The number of aryl methyl sites for hydroxylation is 4. The van der Waals surface area contributed by atoms with Crippen molar-refractivity contribution in [1.29, 1.82) is 0 Å². The largest absolute Gasteiger partial charge is 0.219 e. The fraction of sp³-hybridized carbons (Fsp3) is 0.455. The Hall–Kier alpha value is -0.520. The maximum absolute atomic E-state index is 4.27. The molecule has 19 heavy (non-hydrogen) atoms. The van der Waals surface area contributed by atoms with Gasteiger partial charge in [0.25, 0.3) is 0 Å². The Morgan fingerprint density at radius 1 is 0.579 bits per heavy atom. The Balaban J connectivity index is 0.000000861. The molecule has 0 amide bonds. The topological polar surface area (TPSA) is 77.3 Å². The molecule has 102 valence electrons. The molecule has 8 heteroatoms. The summed E-state index contributed by atoms with van der Waals surface area (Å²) in [4.78, 5) is 25.3. The molecule has 2 aromatic rings. The van der Waals surface area contributed by atoms with Gasteiger partial charge in [0.2, 0.25) is 0 Å². The van der Waals surface area contributed by atoms with Crippen LogP contribution in [0.2, 0.25) is 0 Å². The Kier molecular flexibility index (Phi) is 6.89. The van der Waals surface area contributed by atoms with Crippen LogP contribution in [0, 0.1) is 27.7 Å². The lowest BCUT2D eigenvalue weighted by Crippen LogP contribution is -2.08. The Bertz CT molecular complexity index is 471. The van der Waals surface area contributed by atoms with E-state index in [0.717, 1.165) is 23.3 Å². The lowest BCUT2D eigenvalue weighted by molar-refractivity contribution is 0.786. The van der Waals surface area contributed by atoms with Crippen LogP contribution in [0.25, 0.3) is 0 Å². The lowest BCUT2D eigenvalue weighted by Gasteiger charge is -2.03. The quantitative estimate of drug-likeness (QED) is 0.611. The van der Waals surface area contributed by atoms with Crippen LogP contribution in [0.3, 0.4) is 0 Å². The predicted octanol–water partition coefficient (Wildman–Crippen LogP) is 2.65. The van der Waals surface area contributed by atoms with Gasteiger partial charge in [-0.3, -0.25) is 0 Å². The summed E-state index contributed by atoms with van der Waals surface area (Å²) in [5.74, 6) is 4.26. The third-order valence-electron chi connectivity index (χ3n) is 2.13. The van der Waals surface area contributed by atoms with Crippen LogP contribution in [0.15, 0.2) is 0 Å². The Morgan fingerprint density at radius 2 is 0.842 bits per heavy atom. The van der Waals surface area contributed by atoms with Crippen molar-refractivity contribution in [2.75, 3.05) is 0 Å². The molecular formula is C11H14I2N6. The molecule has 0 spiro atoms. The molecule has 2 aromatic heterocycles. The molecule has 0 aliphatic rings. The van der Waals surface area contributed by atoms with Crippen molar-refractivity contribution in [2.45, 2.75) is 34.1 Å². The minimum atomic E-state index is 0.508. The van der Waals surface area contributed by atoms with Crippen LogP contribution in [-0.2, 0) is 6.42 Å². The standard InChI is InChI=1S/C11H14N6.I2/c1-6-12-7(2)15-10(14-6)5-11-16-8(3)13-9(4)17-11;1-2/h5H2,1-4H3;. The highest BCUT2D eigenvalue weighted by molar-refractivity contribution is 15.0. The molecule has 0 aromatic carbocycles. The first-order chi connectivity index (χ1) is 9.02. The van der Waals surface area contributed by atoms with Crippen LogP contribution in [0.5, 0.6) is 0 Å². The Labute approximate surface area is 135 Å². The van der Waals surface area contributed by atoms with Crippen molar-refractivity contribution in [3.05, 3.63) is 34.9 Å². The molecule has 0 fully saturated rings. The van der Waals surface area contributed by atoms with E-state index in [2.05, 4.69) is 67.1 Å². The highest BCUT2D eigenvalue weighted by atomic mass is 128. The van der Waals surface area contributed by atoms with Crippen molar-refractivity contribution < 1.29 is 0 Å². The average molecular weight is 484 g/mol. The first kappa shape index (κ1) is 16.5. The van der Waals surface area contributed by atoms with E-state index in [1.165, 1.54) is 0 Å². The summed E-state index contributed by atoms with van der Waals surface area (Å²) in [5, 5.41) is 0. The fourth-order valence-corrected chi connectivity index (χ4v) is 1.66. The zero-order valence-corrected chi connectivity index (χ0v) is 15.5. The van der Waals surface area contributed by atoms with Crippen LogP contribution < -0.4 is 0 Å². The van der Waals surface area contributed by atoms with Crippen molar-refractivity contribution in [3.8, 4) is 0 Å². The van der Waals surface area contributed by atoms with E-state index in [0.29, 0.717) is 18.1 Å². The minimum Gasteiger partial charge on any atom is -0.219 e. The van der Waals surface area contributed by atoms with Gasteiger partial charge in [-0.25, -0.2) is 29.9 Å². The first-order valence-corrected chi connectivity index (χ1v) is 11.8. The molecule has 0 N–H and O–H groups in total. The molecule has 0 saturated heterocycles. The van der Waals surface area contributed by atoms with Gasteiger partial charge in [-0.15, -0.1) is 0 Å². The number of nitrogens with zero attached hydrogens (tertiary/aromatic N) is 6. The van der Waals surface area contributed by atoms with Crippen LogP contribution in [0.4, 0.5) is 0 Å². The van der Waals surface area contributed by atoms with Crippen LogP contribution in [-0.4, -0.2) is 29.9 Å². The van der Waals surface area contributed by atoms with Gasteiger partial charge in [-0.1, -0.05) is 0 Å². The van der Waals surface area contributed by atoms with Crippen LogP contribution >= 0.6 is 37.2 Å². The normalized spacial score (nSPS) is 9.79. The molecule has 0 unspecified atom stereocenters. The van der Waals surface area contributed by atoms with Gasteiger partial charge in [0.05, 0.1) is 6.42 Å². The molecule has 0 radical (unpaired) electrons. The molecule has 0 aliphatic heterocycles. The second-order valence-corrected chi connectivity index (χ2v) is 3.87. The molecule has 2 heterocycles. The molecular weight excluding hydrogens is 470 g/mol. The van der Waals surface area contributed by atoms with E-state index in [4.69, 9.17) is 0 Å². The first-order valence-electron chi connectivity index (χ1n) is 5.53. The molecule has 0 saturated carbocycles. The smallest absolute Gasteiger partial charge is 0.140 e. The number of halogens is 2. The van der Waals surface area contributed by atoms with Gasteiger partial charge < -0.3 is 0 Å². The summed E-state index contributed by atoms with van der Waals surface area (Å²) in [6.45, 7) is 7.40. The third-order valence-corrected chi connectivity index (χ3v) is 2.13. The Morgan fingerprint density at radius 3 is 1.11 bits per heavy atom. The number of hydrogen-bond donors (Lipinski definition) is 0. The molecule has 0 bridgehead atoms. The van der Waals surface area contributed by atoms with Crippen molar-refractivity contribution in [1.82, 2.24) is 29.9 Å². The monoisotopic (exact) mass is 484 g/mol. The lowest BCUT2D eigenvalue weighted by atomic mass is 10.3. The van der Waals surface area contributed by atoms with Gasteiger partial charge in [0.1, 0.15) is 34.9 Å². The zero-order chi connectivity index (χ0) is 14.4. The summed E-state index contributed by atoms with van der Waals surface area (Å²) in [5.41, 5.74) is 0. The van der Waals surface area contributed by atoms with E-state index in [1.807, 2.05) is 27.7 Å². The number of hydrogen-bond acceptors (Lipinski definition) is 6. The zero-order valence-electron chi connectivity index (χ0n) is 11.1. The van der Waals surface area contributed by atoms with Crippen molar-refractivity contribution >= 4 is 37.2 Å². The summed E-state index contributed by atoms with van der Waals surface area (Å²) in [7, 11) is 0. The molecule has 0 atom stereocenters. The van der Waals surface area contributed by atoms with Crippen molar-refractivity contribution in [3.63, 3.8) is 0 Å². The average Bonchev–Trinajstić information content (AvgIpc) is 2.28. The van der Waals surface area contributed by atoms with E-state index in [9.17, 15) is 0 Å². The summed E-state index contributed by atoms with van der Waals surface area (Å²) in [6, 6.07) is 0. The SMILES string of the molecule is Cc1nc(C)nc(Cc2nc(C)nc(C)n2)n1.II. The highest BCUT2D eigenvalue weighted by Crippen LogP contribution is 2.02. The second-order valence-electron chi connectivity index (χ2n) is 3.87. The van der Waals surface area contributed by atoms with Gasteiger partial charge in [-0.05, 0) is 27.7 Å². The second kappa shape index (κ2) is 7.92. The summed E-state index contributed by atoms with van der Waals surface area (Å²) in [6.07, 6.45) is 0.508. The molecule has 2 rings (SSSR count). The summed E-state index contributed by atoms with van der Waals surface area (Å²) < 4.78 is 0. The van der Waals surface area contributed by atoms with Crippen molar-refractivity contribution in [2.24, 2.45) is 0 Å². The van der Waals surface area contributed by atoms with E-state index in [-0.39, 0.29) is 0 Å². The molecule has 6 nitrogen and oxygen atoms in total. The maximum Gasteiger partial charge on any atom is 0.140 e. The van der Waals surface area contributed by atoms with E-state index >= 15 is 0 Å². The van der Waals surface area contributed by atoms with Gasteiger partial charge in [0, 0.05) is 37.2 Å². The molecule has 0 aliphatic carbocycles. The van der Waals surface area contributed by atoms with Gasteiger partial charge in [-0.2, -0.15) is 0 Å². The van der Waals surface area contributed by atoms with Gasteiger partial charge >= 0.3 is 0 Å². The van der Waals surface area contributed by atoms with Gasteiger partial charge in [0.15, 0.2) is 0 Å². The summed E-state index contributed by atoms with van der Waals surface area (Å²) >= 11 is 4.24. The number of rotatable bonds is 2. The highest BCUT2D eigenvalue weighted by Gasteiger charge is 2.06. The van der Waals surface area contributed by atoms with E-state index < -0.39 is 0 Å². The number of aromatic nitrogens is 6. The maximum atomic E-state index is 4.27. The third kappa shape index (κ3) is 5.55. The fourth-order valence-electron chi connectivity index (χ4n) is 1.66. The van der Waals surface area contributed by atoms with E-state index in [1.54, 1.807) is 0 Å².